The Balaban J connectivity index is 1.48. The molecule has 1 heterocycles. The van der Waals surface area contributed by atoms with E-state index in [9.17, 15) is 14.7 Å². The van der Waals surface area contributed by atoms with Crippen LogP contribution in [-0.2, 0) is 30.6 Å². The Kier molecular flexibility index (Phi) is 8.14. The van der Waals surface area contributed by atoms with Crippen LogP contribution in [0.1, 0.15) is 59.3 Å². The molecule has 36 heavy (non-hydrogen) atoms. The van der Waals surface area contributed by atoms with Crippen molar-refractivity contribution in [3.63, 3.8) is 0 Å². The Morgan fingerprint density at radius 1 is 1.00 bits per heavy atom. The molecular formula is C30H32BrNO4. The third-order valence-corrected chi connectivity index (χ3v) is 7.08. The second kappa shape index (κ2) is 11.3. The molecule has 1 N–H and O–H groups in total. The van der Waals surface area contributed by atoms with Gasteiger partial charge in [0.2, 0.25) is 0 Å². The summed E-state index contributed by atoms with van der Waals surface area (Å²) in [6.45, 7) is 4.13. The van der Waals surface area contributed by atoms with Crippen LogP contribution < -0.4 is 4.74 Å². The van der Waals surface area contributed by atoms with E-state index < -0.39 is 11.6 Å². The van der Waals surface area contributed by atoms with E-state index in [1.54, 1.807) is 6.07 Å². The fraction of sp³-hybridized carbons (Fsp3) is 0.333. The SMILES string of the molecule is CCCCc1ccc(CN(CC(=O)O)C(=O)c2ccc3c(c2)C[C@](C)(Cc2ccc(Br)cc2)O3)cc1. The fourth-order valence-electron chi connectivity index (χ4n) is 4.75. The molecule has 188 valence electrons. The molecule has 1 aliphatic rings. The summed E-state index contributed by atoms with van der Waals surface area (Å²) >= 11 is 3.47. The molecule has 4 rings (SSSR count). The van der Waals surface area contributed by atoms with Crippen molar-refractivity contribution in [3.05, 3.63) is 99.0 Å². The lowest BCUT2D eigenvalue weighted by molar-refractivity contribution is -0.137. The first-order chi connectivity index (χ1) is 17.2. The minimum atomic E-state index is -1.03. The van der Waals surface area contributed by atoms with E-state index in [-0.39, 0.29) is 19.0 Å². The molecule has 6 heteroatoms. The van der Waals surface area contributed by atoms with Crippen LogP contribution in [0.5, 0.6) is 5.75 Å². The average Bonchev–Trinajstić information content (AvgIpc) is 3.18. The van der Waals surface area contributed by atoms with Gasteiger partial charge in [-0.3, -0.25) is 9.59 Å². The van der Waals surface area contributed by atoms with E-state index >= 15 is 0 Å². The van der Waals surface area contributed by atoms with Gasteiger partial charge in [-0.05, 0) is 72.4 Å². The molecular weight excluding hydrogens is 518 g/mol. The largest absolute Gasteiger partial charge is 0.487 e. The van der Waals surface area contributed by atoms with Crippen molar-refractivity contribution in [2.45, 2.75) is 58.1 Å². The highest BCUT2D eigenvalue weighted by Gasteiger charge is 2.35. The molecule has 0 bridgehead atoms. The molecule has 3 aromatic rings. The van der Waals surface area contributed by atoms with Gasteiger partial charge in [0.1, 0.15) is 17.9 Å². The zero-order valence-electron chi connectivity index (χ0n) is 20.8. The van der Waals surface area contributed by atoms with Gasteiger partial charge in [0.15, 0.2) is 0 Å². The van der Waals surface area contributed by atoms with Crippen molar-refractivity contribution in [2.75, 3.05) is 6.54 Å². The molecule has 5 nitrogen and oxygen atoms in total. The van der Waals surface area contributed by atoms with Gasteiger partial charge >= 0.3 is 5.97 Å². The number of rotatable bonds is 10. The average molecular weight is 550 g/mol. The van der Waals surface area contributed by atoms with Gasteiger partial charge < -0.3 is 14.7 Å². The predicted molar refractivity (Wildman–Crippen MR) is 144 cm³/mol. The number of halogens is 1. The van der Waals surface area contributed by atoms with Crippen LogP contribution in [0.2, 0.25) is 0 Å². The topological polar surface area (TPSA) is 66.8 Å². The van der Waals surface area contributed by atoms with Gasteiger partial charge in [-0.25, -0.2) is 0 Å². The molecule has 3 aromatic carbocycles. The number of carbonyl (C=O) groups is 2. The van der Waals surface area contributed by atoms with E-state index in [4.69, 9.17) is 4.74 Å². The number of ether oxygens (including phenoxy) is 1. The summed E-state index contributed by atoms with van der Waals surface area (Å²) < 4.78 is 7.33. The molecule has 0 saturated carbocycles. The molecule has 0 radical (unpaired) electrons. The maximum atomic E-state index is 13.4. The third kappa shape index (κ3) is 6.55. The first-order valence-electron chi connectivity index (χ1n) is 12.4. The van der Waals surface area contributed by atoms with Crippen molar-refractivity contribution in [1.29, 1.82) is 0 Å². The standard InChI is InChI=1S/C30H32BrNO4/c1-3-4-5-21-6-8-23(9-7-21)19-32(20-28(33)34)29(35)24-12-15-27-25(16-24)18-30(2,36-27)17-22-10-13-26(31)14-11-22/h6-16H,3-5,17-20H2,1-2H3,(H,33,34)/t30-/m0/s1. The van der Waals surface area contributed by atoms with Gasteiger partial charge in [-0.1, -0.05) is 65.7 Å². The summed E-state index contributed by atoms with van der Waals surface area (Å²) in [5.74, 6) is -0.551. The number of carboxylic acid groups (broad SMARTS) is 1. The zero-order chi connectivity index (χ0) is 25.7. The van der Waals surface area contributed by atoms with E-state index in [0.29, 0.717) is 12.0 Å². The van der Waals surface area contributed by atoms with E-state index in [2.05, 4.69) is 54.0 Å². The van der Waals surface area contributed by atoms with Crippen LogP contribution in [-0.4, -0.2) is 34.0 Å². The molecule has 0 fully saturated rings. The monoisotopic (exact) mass is 549 g/mol. The quantitative estimate of drug-likeness (QED) is 0.315. The predicted octanol–water partition coefficient (Wildman–Crippen LogP) is 6.46. The number of carbonyl (C=O) groups excluding carboxylic acids is 1. The minimum absolute atomic E-state index is 0.244. The van der Waals surface area contributed by atoms with Crippen molar-refractivity contribution in [1.82, 2.24) is 4.90 Å². The summed E-state index contributed by atoms with van der Waals surface area (Å²) in [6.07, 6.45) is 4.72. The highest BCUT2D eigenvalue weighted by atomic mass is 79.9. The molecule has 0 unspecified atom stereocenters. The van der Waals surface area contributed by atoms with Gasteiger partial charge in [0.25, 0.3) is 5.91 Å². The highest BCUT2D eigenvalue weighted by Crippen LogP contribution is 2.38. The van der Waals surface area contributed by atoms with Crippen molar-refractivity contribution in [2.24, 2.45) is 0 Å². The number of hydrogen-bond acceptors (Lipinski definition) is 3. The van der Waals surface area contributed by atoms with Gasteiger partial charge in [-0.2, -0.15) is 0 Å². The first-order valence-corrected chi connectivity index (χ1v) is 13.2. The van der Waals surface area contributed by atoms with Gasteiger partial charge in [0.05, 0.1) is 0 Å². The summed E-state index contributed by atoms with van der Waals surface area (Å²) in [5.41, 5.74) is 4.39. The Morgan fingerprint density at radius 2 is 1.67 bits per heavy atom. The number of aryl methyl sites for hydroxylation is 1. The number of carboxylic acids is 1. The number of unbranched alkanes of at least 4 members (excludes halogenated alkanes) is 1. The van der Waals surface area contributed by atoms with Gasteiger partial charge in [-0.15, -0.1) is 0 Å². The van der Waals surface area contributed by atoms with E-state index in [0.717, 1.165) is 47.0 Å². The van der Waals surface area contributed by atoms with E-state index in [1.165, 1.54) is 16.0 Å². The van der Waals surface area contributed by atoms with Crippen molar-refractivity contribution < 1.29 is 19.4 Å². The maximum absolute atomic E-state index is 13.4. The molecule has 0 spiro atoms. The molecule has 0 saturated heterocycles. The minimum Gasteiger partial charge on any atom is -0.487 e. The molecule has 0 aliphatic carbocycles. The van der Waals surface area contributed by atoms with Crippen LogP contribution in [0.4, 0.5) is 0 Å². The smallest absolute Gasteiger partial charge is 0.323 e. The van der Waals surface area contributed by atoms with Crippen LogP contribution in [0, 0.1) is 0 Å². The third-order valence-electron chi connectivity index (χ3n) is 6.55. The van der Waals surface area contributed by atoms with Crippen molar-refractivity contribution >= 4 is 27.8 Å². The number of amides is 1. The van der Waals surface area contributed by atoms with Crippen LogP contribution in [0.25, 0.3) is 0 Å². The lowest BCUT2D eigenvalue weighted by Gasteiger charge is -2.24. The summed E-state index contributed by atoms with van der Waals surface area (Å²) in [4.78, 5) is 26.3. The summed E-state index contributed by atoms with van der Waals surface area (Å²) in [5, 5.41) is 9.46. The summed E-state index contributed by atoms with van der Waals surface area (Å²) in [7, 11) is 0. The lowest BCUT2D eigenvalue weighted by atomic mass is 9.91. The lowest BCUT2D eigenvalue weighted by Crippen LogP contribution is -2.35. The van der Waals surface area contributed by atoms with Gasteiger partial charge in [0, 0.05) is 29.4 Å². The molecule has 1 aliphatic heterocycles. The Morgan fingerprint density at radius 3 is 2.33 bits per heavy atom. The number of fused-ring (bicyclic) bond motifs is 1. The Bertz CT molecular complexity index is 1220. The van der Waals surface area contributed by atoms with E-state index in [1.807, 2.05) is 36.4 Å². The van der Waals surface area contributed by atoms with Crippen LogP contribution >= 0.6 is 15.9 Å². The number of aliphatic carboxylic acids is 1. The fourth-order valence-corrected chi connectivity index (χ4v) is 5.01. The first kappa shape index (κ1) is 26.0. The Hall–Kier alpha value is -3.12. The highest BCUT2D eigenvalue weighted by molar-refractivity contribution is 9.10. The van der Waals surface area contributed by atoms with Crippen LogP contribution in [0.15, 0.2) is 71.2 Å². The number of hydrogen-bond donors (Lipinski definition) is 1. The second-order valence-electron chi connectivity index (χ2n) is 9.83. The molecule has 1 atom stereocenters. The molecule has 0 aromatic heterocycles. The number of benzene rings is 3. The maximum Gasteiger partial charge on any atom is 0.323 e. The zero-order valence-corrected chi connectivity index (χ0v) is 22.4. The number of nitrogens with zero attached hydrogens (tertiary/aromatic N) is 1. The van der Waals surface area contributed by atoms with Crippen LogP contribution in [0.3, 0.4) is 0 Å². The molecule has 1 amide bonds. The Labute approximate surface area is 221 Å². The van der Waals surface area contributed by atoms with Crippen molar-refractivity contribution in [3.8, 4) is 5.75 Å². The summed E-state index contributed by atoms with van der Waals surface area (Å²) in [6, 6.07) is 21.7. The normalized spacial score (nSPS) is 16.3. The second-order valence-corrected chi connectivity index (χ2v) is 10.7.